The number of carbonyl (C=O) groups excluding carboxylic acids is 1. The number of thioether (sulfide) groups is 1. The lowest BCUT2D eigenvalue weighted by Gasteiger charge is -2.23. The Morgan fingerprint density at radius 1 is 1.02 bits per heavy atom. The van der Waals surface area contributed by atoms with Gasteiger partial charge in [-0.3, -0.25) is 14.7 Å². The van der Waals surface area contributed by atoms with Gasteiger partial charge < -0.3 is 9.47 Å². The summed E-state index contributed by atoms with van der Waals surface area (Å²) in [5.41, 5.74) is 4.99. The van der Waals surface area contributed by atoms with Crippen LogP contribution in [-0.2, 0) is 23.6 Å². The van der Waals surface area contributed by atoms with Gasteiger partial charge in [-0.25, -0.2) is 4.39 Å². The molecule has 1 atom stereocenters. The minimum Gasteiger partial charge on any atom is -0.337 e. The van der Waals surface area contributed by atoms with Gasteiger partial charge in [-0.2, -0.15) is 10.1 Å². The molecule has 10 heteroatoms. The number of hydrogen-bond donors (Lipinski definition) is 1. The van der Waals surface area contributed by atoms with Gasteiger partial charge in [0.05, 0.1) is 6.20 Å². The van der Waals surface area contributed by atoms with Crippen LogP contribution in [0.15, 0.2) is 101 Å². The number of carbonyl (C=O) groups is 1. The van der Waals surface area contributed by atoms with Crippen LogP contribution in [-0.4, -0.2) is 37.1 Å². The molecule has 0 bridgehead atoms. The Labute approximate surface area is 258 Å². The molecule has 3 aromatic carbocycles. The molecule has 43 heavy (non-hydrogen) atoms. The number of nitrogens with one attached hydrogen (secondary N) is 1. The van der Waals surface area contributed by atoms with Crippen molar-refractivity contribution >= 4 is 29.3 Å². The molecule has 0 saturated heterocycles. The quantitative estimate of drug-likeness (QED) is 0.129. The number of likely N-dealkylation sites (N-methyl/N-ethyl adjacent to an activating group) is 1. The molecule has 0 spiro atoms. The Hall–Kier alpha value is -4.21. The van der Waals surface area contributed by atoms with Gasteiger partial charge in [-0.1, -0.05) is 78.8 Å². The van der Waals surface area contributed by atoms with E-state index in [2.05, 4.69) is 15.2 Å². The number of rotatable bonds is 11. The molecule has 0 radical (unpaired) electrons. The fourth-order valence-electron chi connectivity index (χ4n) is 4.71. The predicted molar refractivity (Wildman–Crippen MR) is 169 cm³/mol. The van der Waals surface area contributed by atoms with E-state index < -0.39 is 0 Å². The third kappa shape index (κ3) is 7.60. The van der Waals surface area contributed by atoms with E-state index in [-0.39, 0.29) is 29.7 Å². The summed E-state index contributed by atoms with van der Waals surface area (Å²) in [7, 11) is 0. The molecule has 1 N–H and O–H groups in total. The Bertz CT molecular complexity index is 1720. The minimum atomic E-state index is -0.355. The molecule has 5 rings (SSSR count). The number of amides is 1. The SMILES string of the molecule is CCN(Cc1ccc(-c2ccc(Cl)cc2)cc1)C(=O)Cn1cc(C(C)c2cn[nH]c2)c(=O)nc1SCc1ccc(F)cc1. The largest absolute Gasteiger partial charge is 0.337 e. The molecular weight excluding hydrogens is 585 g/mol. The standard InChI is InChI=1S/C33H31ClFN5O2S/c1-3-39(18-23-4-8-25(9-5-23)26-10-12-28(34)13-11-26)31(41)20-40-19-30(22(2)27-16-36-37-17-27)32(42)38-33(40)43-21-24-6-14-29(35)15-7-24/h4-17,19,22H,3,18,20-21H2,1-2H3,(H,36,37). The van der Waals surface area contributed by atoms with Gasteiger partial charge in [0, 0.05) is 47.7 Å². The minimum absolute atomic E-state index is 0.0147. The van der Waals surface area contributed by atoms with E-state index >= 15 is 0 Å². The number of halogens is 2. The molecular formula is C33H31ClFN5O2S. The van der Waals surface area contributed by atoms with Crippen molar-refractivity contribution in [2.24, 2.45) is 0 Å². The molecule has 0 aliphatic rings. The van der Waals surface area contributed by atoms with Crippen LogP contribution < -0.4 is 5.56 Å². The Morgan fingerprint density at radius 2 is 1.67 bits per heavy atom. The summed E-state index contributed by atoms with van der Waals surface area (Å²) in [6, 6.07) is 22.0. The molecule has 0 saturated carbocycles. The molecule has 0 fully saturated rings. The smallest absolute Gasteiger partial charge is 0.277 e. The van der Waals surface area contributed by atoms with E-state index in [9.17, 15) is 14.0 Å². The van der Waals surface area contributed by atoms with Crippen molar-refractivity contribution in [3.8, 4) is 11.1 Å². The zero-order chi connectivity index (χ0) is 30.3. The first-order chi connectivity index (χ1) is 20.8. The molecule has 1 unspecified atom stereocenters. The number of aromatic amines is 1. The Morgan fingerprint density at radius 3 is 2.30 bits per heavy atom. The van der Waals surface area contributed by atoms with E-state index in [1.165, 1.54) is 23.9 Å². The van der Waals surface area contributed by atoms with E-state index in [0.717, 1.165) is 27.8 Å². The van der Waals surface area contributed by atoms with Crippen LogP contribution in [0.2, 0.25) is 5.02 Å². The van der Waals surface area contributed by atoms with Crippen molar-refractivity contribution < 1.29 is 9.18 Å². The average molecular weight is 616 g/mol. The van der Waals surface area contributed by atoms with Crippen molar-refractivity contribution in [1.82, 2.24) is 24.6 Å². The topological polar surface area (TPSA) is 83.9 Å². The van der Waals surface area contributed by atoms with Gasteiger partial charge in [-0.05, 0) is 59.0 Å². The van der Waals surface area contributed by atoms with Gasteiger partial charge in [0.2, 0.25) is 5.91 Å². The van der Waals surface area contributed by atoms with Crippen LogP contribution in [0.1, 0.15) is 42.0 Å². The molecule has 0 aliphatic heterocycles. The van der Waals surface area contributed by atoms with E-state index in [1.54, 1.807) is 40.2 Å². The third-order valence-electron chi connectivity index (χ3n) is 7.30. The Balaban J connectivity index is 1.36. The number of hydrogen-bond acceptors (Lipinski definition) is 5. The average Bonchev–Trinajstić information content (AvgIpc) is 3.56. The fraction of sp³-hybridized carbons (Fsp3) is 0.212. The second-order valence-corrected chi connectivity index (χ2v) is 11.6. The van der Waals surface area contributed by atoms with E-state index in [1.807, 2.05) is 62.4 Å². The third-order valence-corrected chi connectivity index (χ3v) is 8.61. The summed E-state index contributed by atoms with van der Waals surface area (Å²) in [5, 5.41) is 7.91. The highest BCUT2D eigenvalue weighted by Crippen LogP contribution is 2.26. The van der Waals surface area contributed by atoms with Gasteiger partial charge in [0.15, 0.2) is 5.16 Å². The molecule has 2 heterocycles. The maximum atomic E-state index is 13.6. The first kappa shape index (κ1) is 30.3. The van der Waals surface area contributed by atoms with Crippen molar-refractivity contribution in [3.63, 3.8) is 0 Å². The van der Waals surface area contributed by atoms with Gasteiger partial charge in [0.1, 0.15) is 12.4 Å². The monoisotopic (exact) mass is 615 g/mol. The summed E-state index contributed by atoms with van der Waals surface area (Å²) in [6.45, 7) is 4.83. The second kappa shape index (κ2) is 13.8. The zero-order valence-corrected chi connectivity index (χ0v) is 25.4. The van der Waals surface area contributed by atoms with E-state index in [4.69, 9.17) is 11.6 Å². The summed E-state index contributed by atoms with van der Waals surface area (Å²) in [4.78, 5) is 32.9. The van der Waals surface area contributed by atoms with E-state index in [0.29, 0.717) is 34.6 Å². The van der Waals surface area contributed by atoms with Crippen LogP contribution in [0, 0.1) is 5.82 Å². The number of benzene rings is 3. The molecule has 2 aromatic heterocycles. The summed E-state index contributed by atoms with van der Waals surface area (Å²) in [5.74, 6) is -0.209. The summed E-state index contributed by atoms with van der Waals surface area (Å²) in [6.07, 6.45) is 5.15. The Kier molecular flexibility index (Phi) is 9.74. The van der Waals surface area contributed by atoms with Gasteiger partial charge >= 0.3 is 0 Å². The fourth-order valence-corrected chi connectivity index (χ4v) is 5.76. The molecule has 0 aliphatic carbocycles. The van der Waals surface area contributed by atoms with Crippen molar-refractivity contribution in [1.29, 1.82) is 0 Å². The van der Waals surface area contributed by atoms with Gasteiger partial charge in [0.25, 0.3) is 5.56 Å². The lowest BCUT2D eigenvalue weighted by Crippen LogP contribution is -2.34. The maximum Gasteiger partial charge on any atom is 0.277 e. The zero-order valence-electron chi connectivity index (χ0n) is 23.8. The predicted octanol–water partition coefficient (Wildman–Crippen LogP) is 6.92. The van der Waals surface area contributed by atoms with Gasteiger partial charge in [-0.15, -0.1) is 0 Å². The molecule has 220 valence electrons. The lowest BCUT2D eigenvalue weighted by atomic mass is 9.98. The number of aromatic nitrogens is 4. The highest BCUT2D eigenvalue weighted by molar-refractivity contribution is 7.98. The van der Waals surface area contributed by atoms with Crippen molar-refractivity contribution in [3.05, 3.63) is 135 Å². The van der Waals surface area contributed by atoms with Crippen LogP contribution >= 0.6 is 23.4 Å². The van der Waals surface area contributed by atoms with Crippen LogP contribution in [0.5, 0.6) is 0 Å². The lowest BCUT2D eigenvalue weighted by molar-refractivity contribution is -0.132. The normalized spacial score (nSPS) is 11.8. The number of nitrogens with zero attached hydrogens (tertiary/aromatic N) is 4. The first-order valence-electron chi connectivity index (χ1n) is 13.9. The summed E-state index contributed by atoms with van der Waals surface area (Å²) < 4.78 is 15.2. The molecule has 1 amide bonds. The highest BCUT2D eigenvalue weighted by Gasteiger charge is 2.20. The molecule has 5 aromatic rings. The van der Waals surface area contributed by atoms with Crippen LogP contribution in [0.4, 0.5) is 4.39 Å². The van der Waals surface area contributed by atoms with Crippen LogP contribution in [0.3, 0.4) is 0 Å². The summed E-state index contributed by atoms with van der Waals surface area (Å²) >= 11 is 7.36. The first-order valence-corrected chi connectivity index (χ1v) is 15.3. The molecule has 7 nitrogen and oxygen atoms in total. The van der Waals surface area contributed by atoms with Crippen molar-refractivity contribution in [2.45, 2.75) is 43.8 Å². The maximum absolute atomic E-state index is 13.6. The van der Waals surface area contributed by atoms with Crippen LogP contribution in [0.25, 0.3) is 11.1 Å². The highest BCUT2D eigenvalue weighted by atomic mass is 35.5. The van der Waals surface area contributed by atoms with Crippen molar-refractivity contribution in [2.75, 3.05) is 6.54 Å². The number of H-pyrrole nitrogens is 1. The second-order valence-electron chi connectivity index (χ2n) is 10.2.